The molecule has 1 aromatic heterocycles. The Bertz CT molecular complexity index is 717. The van der Waals surface area contributed by atoms with Gasteiger partial charge in [-0.2, -0.15) is 15.6 Å². The van der Waals surface area contributed by atoms with Crippen LogP contribution in [0.4, 0.5) is 16.3 Å². The summed E-state index contributed by atoms with van der Waals surface area (Å²) in [5.41, 5.74) is 1.33. The van der Waals surface area contributed by atoms with E-state index in [0.717, 1.165) is 0 Å². The maximum absolute atomic E-state index is 11.8. The number of carbonyl (C=O) groups excluding carboxylic acids is 1. The number of amides is 2. The summed E-state index contributed by atoms with van der Waals surface area (Å²) in [6.07, 6.45) is 1.37. The summed E-state index contributed by atoms with van der Waals surface area (Å²) in [5.74, 6) is 0.318. The Morgan fingerprint density at radius 1 is 1.20 bits per heavy atom. The molecule has 20 heavy (non-hydrogen) atoms. The predicted octanol–water partition coefficient (Wildman–Crippen LogP) is 1.81. The number of nitrogens with one attached hydrogen (secondary N) is 2. The Labute approximate surface area is 115 Å². The van der Waals surface area contributed by atoms with Crippen LogP contribution in [0.2, 0.25) is 0 Å². The van der Waals surface area contributed by atoms with Crippen LogP contribution < -0.4 is 10.6 Å². The predicted molar refractivity (Wildman–Crippen MR) is 71.7 cm³/mol. The molecule has 2 N–H and O–H groups in total. The van der Waals surface area contributed by atoms with Crippen LogP contribution in [0.25, 0.3) is 0 Å². The molecule has 1 aromatic carbocycles. The smallest absolute Gasteiger partial charge is 0.308 e. The summed E-state index contributed by atoms with van der Waals surface area (Å²) in [4.78, 5) is 11.8. The maximum atomic E-state index is 11.8. The van der Waals surface area contributed by atoms with Gasteiger partial charge in [0.05, 0.1) is 17.8 Å². The van der Waals surface area contributed by atoms with E-state index < -0.39 is 6.03 Å². The first-order valence-electron chi connectivity index (χ1n) is 5.64. The van der Waals surface area contributed by atoms with Crippen molar-refractivity contribution in [2.75, 3.05) is 10.6 Å². The van der Waals surface area contributed by atoms with Gasteiger partial charge in [-0.25, -0.2) is 4.79 Å². The minimum atomic E-state index is -0.491. The van der Waals surface area contributed by atoms with E-state index in [2.05, 4.69) is 15.7 Å². The first-order chi connectivity index (χ1) is 9.63. The fourth-order valence-corrected chi connectivity index (χ4v) is 1.57. The molecule has 0 bridgehead atoms. The highest BCUT2D eigenvalue weighted by atomic mass is 16.2. The highest BCUT2D eigenvalue weighted by Crippen LogP contribution is 2.14. The topological polar surface area (TPSA) is 107 Å². The molecule has 0 aliphatic rings. The lowest BCUT2D eigenvalue weighted by Gasteiger charge is -2.08. The molecule has 0 atom stereocenters. The first-order valence-corrected chi connectivity index (χ1v) is 5.64. The van der Waals surface area contributed by atoms with E-state index in [-0.39, 0.29) is 5.56 Å². The third-order valence-electron chi connectivity index (χ3n) is 2.56. The first kappa shape index (κ1) is 13.1. The van der Waals surface area contributed by atoms with E-state index in [1.54, 1.807) is 31.3 Å². The summed E-state index contributed by atoms with van der Waals surface area (Å²) < 4.78 is 1.40. The van der Waals surface area contributed by atoms with Crippen molar-refractivity contribution in [3.8, 4) is 12.1 Å². The van der Waals surface area contributed by atoms with Gasteiger partial charge in [0.15, 0.2) is 0 Å². The van der Waals surface area contributed by atoms with Crippen molar-refractivity contribution in [2.45, 2.75) is 0 Å². The summed E-state index contributed by atoms with van der Waals surface area (Å²) in [5, 5.41) is 26.6. The Kier molecular flexibility index (Phi) is 3.64. The lowest BCUT2D eigenvalue weighted by atomic mass is 10.2. The number of aromatic nitrogens is 2. The van der Waals surface area contributed by atoms with Gasteiger partial charge in [0, 0.05) is 12.7 Å². The van der Waals surface area contributed by atoms with E-state index in [1.807, 2.05) is 12.1 Å². The average Bonchev–Trinajstić information content (AvgIpc) is 2.80. The van der Waals surface area contributed by atoms with Crippen LogP contribution in [0.5, 0.6) is 0 Å². The number of urea groups is 1. The van der Waals surface area contributed by atoms with E-state index in [1.165, 1.54) is 10.9 Å². The molecule has 0 aliphatic heterocycles. The number of anilines is 2. The molecule has 7 heteroatoms. The molecule has 1 heterocycles. The lowest BCUT2D eigenvalue weighted by molar-refractivity contribution is 0.262. The second-order valence-electron chi connectivity index (χ2n) is 3.91. The summed E-state index contributed by atoms with van der Waals surface area (Å²) >= 11 is 0. The number of rotatable bonds is 2. The zero-order valence-corrected chi connectivity index (χ0v) is 10.6. The highest BCUT2D eigenvalue weighted by Gasteiger charge is 2.11. The molecule has 0 aliphatic carbocycles. The van der Waals surface area contributed by atoms with E-state index in [9.17, 15) is 4.79 Å². The number of nitrogens with zero attached hydrogens (tertiary/aromatic N) is 4. The van der Waals surface area contributed by atoms with Gasteiger partial charge in [-0.3, -0.25) is 10.00 Å². The molecular weight excluding hydrogens is 256 g/mol. The molecule has 0 saturated carbocycles. The number of aryl methyl sites for hydroxylation is 1. The van der Waals surface area contributed by atoms with Crippen LogP contribution in [-0.4, -0.2) is 15.8 Å². The van der Waals surface area contributed by atoms with Crippen molar-refractivity contribution in [2.24, 2.45) is 7.05 Å². The van der Waals surface area contributed by atoms with E-state index >= 15 is 0 Å². The van der Waals surface area contributed by atoms with Gasteiger partial charge in [-0.1, -0.05) is 0 Å². The highest BCUT2D eigenvalue weighted by molar-refractivity contribution is 5.99. The van der Waals surface area contributed by atoms with Crippen LogP contribution in [0.15, 0.2) is 30.5 Å². The van der Waals surface area contributed by atoms with Crippen LogP contribution in [0.3, 0.4) is 0 Å². The van der Waals surface area contributed by atoms with Crippen molar-refractivity contribution < 1.29 is 4.79 Å². The van der Waals surface area contributed by atoms with Crippen molar-refractivity contribution in [3.05, 3.63) is 41.6 Å². The third-order valence-corrected chi connectivity index (χ3v) is 2.56. The number of hydrogen-bond acceptors (Lipinski definition) is 4. The van der Waals surface area contributed by atoms with Gasteiger partial charge in [0.1, 0.15) is 17.5 Å². The lowest BCUT2D eigenvalue weighted by Crippen LogP contribution is -2.21. The van der Waals surface area contributed by atoms with Crippen LogP contribution in [-0.2, 0) is 7.05 Å². The Balaban J connectivity index is 2.07. The minimum Gasteiger partial charge on any atom is -0.308 e. The SMILES string of the molecule is Cn1ncc(C#N)c1NC(=O)Nc1ccc(C#N)cc1. The zero-order valence-electron chi connectivity index (χ0n) is 10.6. The fraction of sp³-hybridized carbons (Fsp3) is 0.0769. The molecule has 2 amide bonds. The van der Waals surface area contributed by atoms with Crippen LogP contribution in [0, 0.1) is 22.7 Å². The average molecular weight is 266 g/mol. The monoisotopic (exact) mass is 266 g/mol. The molecule has 0 radical (unpaired) electrons. The van der Waals surface area contributed by atoms with E-state index in [4.69, 9.17) is 10.5 Å². The maximum Gasteiger partial charge on any atom is 0.324 e. The largest absolute Gasteiger partial charge is 0.324 e. The number of nitriles is 2. The van der Waals surface area contributed by atoms with Gasteiger partial charge < -0.3 is 5.32 Å². The summed E-state index contributed by atoms with van der Waals surface area (Å²) in [7, 11) is 1.62. The van der Waals surface area contributed by atoms with Gasteiger partial charge in [-0.15, -0.1) is 0 Å². The second kappa shape index (κ2) is 5.55. The molecule has 0 saturated heterocycles. The van der Waals surface area contributed by atoms with Crippen LogP contribution >= 0.6 is 0 Å². The molecule has 7 nitrogen and oxygen atoms in total. The second-order valence-corrected chi connectivity index (χ2v) is 3.91. The van der Waals surface area contributed by atoms with Crippen molar-refractivity contribution >= 4 is 17.5 Å². The summed E-state index contributed by atoms with van der Waals surface area (Å²) in [6, 6.07) is 9.87. The van der Waals surface area contributed by atoms with E-state index in [0.29, 0.717) is 17.1 Å². The van der Waals surface area contributed by atoms with Crippen molar-refractivity contribution in [1.29, 1.82) is 10.5 Å². The van der Waals surface area contributed by atoms with Crippen molar-refractivity contribution in [3.63, 3.8) is 0 Å². The van der Waals surface area contributed by atoms with Gasteiger partial charge >= 0.3 is 6.03 Å². The normalized spacial score (nSPS) is 9.35. The van der Waals surface area contributed by atoms with Gasteiger partial charge in [-0.05, 0) is 24.3 Å². The minimum absolute atomic E-state index is 0.280. The molecule has 0 unspecified atom stereocenters. The third kappa shape index (κ3) is 2.74. The molecule has 0 spiro atoms. The fourth-order valence-electron chi connectivity index (χ4n) is 1.57. The Hall–Kier alpha value is -3.32. The molecular formula is C13H10N6O. The van der Waals surface area contributed by atoms with Gasteiger partial charge in [0.2, 0.25) is 0 Å². The molecule has 0 fully saturated rings. The van der Waals surface area contributed by atoms with Crippen molar-refractivity contribution in [1.82, 2.24) is 9.78 Å². The Morgan fingerprint density at radius 2 is 1.90 bits per heavy atom. The van der Waals surface area contributed by atoms with Gasteiger partial charge in [0.25, 0.3) is 0 Å². The Morgan fingerprint density at radius 3 is 2.50 bits per heavy atom. The standard InChI is InChI=1S/C13H10N6O/c1-19-12(10(7-15)8-16-19)18-13(20)17-11-4-2-9(6-14)3-5-11/h2-5,8H,1H3,(H2,17,18,20). The molecule has 2 rings (SSSR count). The number of benzene rings is 1. The van der Waals surface area contributed by atoms with Crippen LogP contribution in [0.1, 0.15) is 11.1 Å². The molecule has 98 valence electrons. The number of hydrogen-bond donors (Lipinski definition) is 2. The quantitative estimate of drug-likeness (QED) is 0.864. The molecule has 2 aromatic rings. The number of carbonyl (C=O) groups is 1. The summed E-state index contributed by atoms with van der Waals surface area (Å²) in [6.45, 7) is 0. The zero-order chi connectivity index (χ0) is 14.5.